The molecule has 0 saturated heterocycles. The van der Waals surface area contributed by atoms with Crippen LogP contribution in [0.5, 0.6) is 5.75 Å². The molecule has 0 saturated carbocycles. The number of rotatable bonds is 4. The Bertz CT molecular complexity index is 642. The van der Waals surface area contributed by atoms with Crippen LogP contribution in [-0.2, 0) is 0 Å². The van der Waals surface area contributed by atoms with Crippen LogP contribution in [0.4, 0.5) is 0 Å². The lowest BCUT2D eigenvalue weighted by Gasteiger charge is -2.11. The van der Waals surface area contributed by atoms with Gasteiger partial charge in [0, 0.05) is 5.56 Å². The maximum atomic E-state index is 12.3. The van der Waals surface area contributed by atoms with E-state index in [1.54, 1.807) is 0 Å². The van der Waals surface area contributed by atoms with E-state index >= 15 is 0 Å². The third-order valence-electron chi connectivity index (χ3n) is 3.61. The van der Waals surface area contributed by atoms with Gasteiger partial charge in [0.15, 0.2) is 12.4 Å². The average molecular weight is 268 g/mol. The largest absolute Gasteiger partial charge is 0.485 e. The highest BCUT2D eigenvalue weighted by Crippen LogP contribution is 2.21. The smallest absolute Gasteiger partial charge is 0.200 e. The number of aryl methyl sites for hydroxylation is 3. The molecule has 0 aliphatic carbocycles. The van der Waals surface area contributed by atoms with Crippen molar-refractivity contribution in [2.75, 3.05) is 6.61 Å². The zero-order valence-corrected chi connectivity index (χ0v) is 12.5. The Morgan fingerprint density at radius 3 is 2.50 bits per heavy atom. The molecule has 0 aliphatic rings. The summed E-state index contributed by atoms with van der Waals surface area (Å²) < 4.78 is 5.68. The van der Waals surface area contributed by atoms with E-state index in [0.717, 1.165) is 28.0 Å². The Hall–Kier alpha value is -2.09. The molecule has 0 heterocycles. The Kier molecular flexibility index (Phi) is 4.23. The molecular weight excluding hydrogens is 248 g/mol. The fourth-order valence-corrected chi connectivity index (χ4v) is 2.14. The molecule has 0 unspecified atom stereocenters. The van der Waals surface area contributed by atoms with Crippen molar-refractivity contribution in [1.82, 2.24) is 0 Å². The first-order chi connectivity index (χ1) is 9.49. The van der Waals surface area contributed by atoms with Gasteiger partial charge in [-0.15, -0.1) is 0 Å². The van der Waals surface area contributed by atoms with Crippen molar-refractivity contribution in [3.05, 3.63) is 64.2 Å². The molecule has 104 valence electrons. The second-order valence-corrected chi connectivity index (χ2v) is 5.23. The quantitative estimate of drug-likeness (QED) is 0.777. The number of Topliss-reactive ketones (excluding diaryl/α,β-unsaturated/α-hetero) is 1. The van der Waals surface area contributed by atoms with Gasteiger partial charge in [-0.3, -0.25) is 4.79 Å². The lowest BCUT2D eigenvalue weighted by molar-refractivity contribution is 0.0920. The maximum Gasteiger partial charge on any atom is 0.200 e. The van der Waals surface area contributed by atoms with Crippen LogP contribution in [-0.4, -0.2) is 12.4 Å². The minimum atomic E-state index is 0.0205. The number of hydrogen-bond donors (Lipinski definition) is 0. The number of benzene rings is 2. The molecular formula is C18H20O2. The molecule has 2 aromatic rings. The first-order valence-electron chi connectivity index (χ1n) is 6.78. The summed E-state index contributed by atoms with van der Waals surface area (Å²) in [5.74, 6) is 0.802. The summed E-state index contributed by atoms with van der Waals surface area (Å²) in [5.41, 5.74) is 5.08. The van der Waals surface area contributed by atoms with Gasteiger partial charge in [-0.05, 0) is 56.5 Å². The normalized spacial score (nSPS) is 10.4. The lowest BCUT2D eigenvalue weighted by Crippen LogP contribution is -2.13. The van der Waals surface area contributed by atoms with Gasteiger partial charge < -0.3 is 4.74 Å². The van der Waals surface area contributed by atoms with E-state index in [-0.39, 0.29) is 12.4 Å². The summed E-state index contributed by atoms with van der Waals surface area (Å²) in [6.45, 7) is 8.06. The Balaban J connectivity index is 2.13. The molecule has 0 fully saturated rings. The zero-order valence-electron chi connectivity index (χ0n) is 12.5. The van der Waals surface area contributed by atoms with Crippen molar-refractivity contribution >= 4 is 5.78 Å². The van der Waals surface area contributed by atoms with Gasteiger partial charge >= 0.3 is 0 Å². The maximum absolute atomic E-state index is 12.3. The van der Waals surface area contributed by atoms with Gasteiger partial charge in [0.05, 0.1) is 0 Å². The summed E-state index contributed by atoms with van der Waals surface area (Å²) in [6, 6.07) is 11.8. The highest BCUT2D eigenvalue weighted by atomic mass is 16.5. The predicted molar refractivity (Wildman–Crippen MR) is 81.7 cm³/mol. The van der Waals surface area contributed by atoms with Crippen LogP contribution in [0.2, 0.25) is 0 Å². The molecule has 0 aromatic heterocycles. The summed E-state index contributed by atoms with van der Waals surface area (Å²) in [4.78, 5) is 12.3. The summed E-state index contributed by atoms with van der Waals surface area (Å²) in [7, 11) is 0. The minimum absolute atomic E-state index is 0.0205. The number of hydrogen-bond acceptors (Lipinski definition) is 2. The van der Waals surface area contributed by atoms with Gasteiger partial charge in [-0.2, -0.15) is 0 Å². The topological polar surface area (TPSA) is 26.3 Å². The van der Waals surface area contributed by atoms with Crippen LogP contribution in [0.15, 0.2) is 36.4 Å². The molecule has 2 aromatic carbocycles. The van der Waals surface area contributed by atoms with Crippen molar-refractivity contribution in [2.24, 2.45) is 0 Å². The molecule has 0 atom stereocenters. The Labute approximate surface area is 120 Å². The molecule has 2 heteroatoms. The highest BCUT2D eigenvalue weighted by molar-refractivity contribution is 5.98. The second-order valence-electron chi connectivity index (χ2n) is 5.23. The highest BCUT2D eigenvalue weighted by Gasteiger charge is 2.11. The molecule has 0 spiro atoms. The molecule has 0 bridgehead atoms. The molecule has 2 nitrogen and oxygen atoms in total. The third-order valence-corrected chi connectivity index (χ3v) is 3.61. The standard InChI is InChI=1S/C18H20O2/c1-12-8-9-14(3)16(10-12)17(19)11-20-18-7-5-6-13(2)15(18)4/h5-10H,11H2,1-4H3. The van der Waals surface area contributed by atoms with E-state index < -0.39 is 0 Å². The SMILES string of the molecule is Cc1ccc(C)c(C(=O)COc2cccc(C)c2C)c1. The number of carbonyl (C=O) groups is 1. The van der Waals surface area contributed by atoms with Crippen molar-refractivity contribution in [2.45, 2.75) is 27.7 Å². The number of ketones is 1. The van der Waals surface area contributed by atoms with Crippen molar-refractivity contribution in [3.63, 3.8) is 0 Å². The van der Waals surface area contributed by atoms with E-state index in [1.807, 2.05) is 64.1 Å². The minimum Gasteiger partial charge on any atom is -0.485 e. The van der Waals surface area contributed by atoms with E-state index in [9.17, 15) is 4.79 Å². The Morgan fingerprint density at radius 1 is 1.00 bits per heavy atom. The van der Waals surface area contributed by atoms with Gasteiger partial charge in [-0.25, -0.2) is 0 Å². The summed E-state index contributed by atoms with van der Waals surface area (Å²) in [5, 5.41) is 0. The zero-order chi connectivity index (χ0) is 14.7. The van der Waals surface area contributed by atoms with Gasteiger partial charge in [-0.1, -0.05) is 29.8 Å². The van der Waals surface area contributed by atoms with Crippen LogP contribution in [0.1, 0.15) is 32.6 Å². The monoisotopic (exact) mass is 268 g/mol. The first kappa shape index (κ1) is 14.3. The number of carbonyl (C=O) groups excluding carboxylic acids is 1. The molecule has 0 aliphatic heterocycles. The molecule has 2 rings (SSSR count). The van der Waals surface area contributed by atoms with Crippen LogP contribution in [0.3, 0.4) is 0 Å². The fourth-order valence-electron chi connectivity index (χ4n) is 2.14. The first-order valence-corrected chi connectivity index (χ1v) is 6.78. The van der Waals surface area contributed by atoms with E-state index in [4.69, 9.17) is 4.74 Å². The van der Waals surface area contributed by atoms with Crippen LogP contribution < -0.4 is 4.74 Å². The molecule has 0 radical (unpaired) electrons. The lowest BCUT2D eigenvalue weighted by atomic mass is 10.0. The van der Waals surface area contributed by atoms with Crippen LogP contribution in [0.25, 0.3) is 0 Å². The van der Waals surface area contributed by atoms with E-state index in [1.165, 1.54) is 5.56 Å². The summed E-state index contributed by atoms with van der Waals surface area (Å²) >= 11 is 0. The van der Waals surface area contributed by atoms with Crippen LogP contribution in [0, 0.1) is 27.7 Å². The summed E-state index contributed by atoms with van der Waals surface area (Å²) in [6.07, 6.45) is 0. The van der Waals surface area contributed by atoms with E-state index in [2.05, 4.69) is 0 Å². The third kappa shape index (κ3) is 3.08. The Morgan fingerprint density at radius 2 is 1.75 bits per heavy atom. The van der Waals surface area contributed by atoms with Crippen LogP contribution >= 0.6 is 0 Å². The van der Waals surface area contributed by atoms with E-state index in [0.29, 0.717) is 0 Å². The average Bonchev–Trinajstić information content (AvgIpc) is 2.43. The van der Waals surface area contributed by atoms with Gasteiger partial charge in [0.25, 0.3) is 0 Å². The molecule has 0 amide bonds. The molecule has 20 heavy (non-hydrogen) atoms. The van der Waals surface area contributed by atoms with Crippen molar-refractivity contribution < 1.29 is 9.53 Å². The van der Waals surface area contributed by atoms with Gasteiger partial charge in [0.1, 0.15) is 5.75 Å². The fraction of sp³-hybridized carbons (Fsp3) is 0.278. The molecule has 0 N–H and O–H groups in total. The predicted octanol–water partition coefficient (Wildman–Crippen LogP) is 4.18. The number of ether oxygens (including phenoxy) is 1. The second kappa shape index (κ2) is 5.91. The van der Waals surface area contributed by atoms with Gasteiger partial charge in [0.2, 0.25) is 0 Å². The van der Waals surface area contributed by atoms with Crippen molar-refractivity contribution in [3.8, 4) is 5.75 Å². The van der Waals surface area contributed by atoms with Crippen molar-refractivity contribution in [1.29, 1.82) is 0 Å².